The fraction of sp³-hybridized carbons (Fsp3) is 0.444. The monoisotopic (exact) mass is 237 g/mol. The first-order valence-corrected chi connectivity index (χ1v) is 5.91. The highest BCUT2D eigenvalue weighted by Crippen LogP contribution is 2.11. The van der Waals surface area contributed by atoms with Crippen LogP contribution in [-0.2, 0) is 6.54 Å². The third-order valence-corrected chi connectivity index (χ3v) is 3.29. The van der Waals surface area contributed by atoms with Gasteiger partial charge in [0.1, 0.15) is 5.51 Å². The molecule has 1 saturated heterocycles. The van der Waals surface area contributed by atoms with Crippen LogP contribution in [0, 0.1) is 0 Å². The second kappa shape index (κ2) is 3.62. The Morgan fingerprint density at radius 2 is 2.38 bits per heavy atom. The average Bonchev–Trinajstić information content (AvgIpc) is 2.63. The second-order valence-corrected chi connectivity index (χ2v) is 4.78. The summed E-state index contributed by atoms with van der Waals surface area (Å²) in [6, 6.07) is 1.81. The van der Waals surface area contributed by atoms with E-state index in [4.69, 9.17) is 5.73 Å². The van der Waals surface area contributed by atoms with Crippen LogP contribution in [-0.4, -0.2) is 38.6 Å². The lowest BCUT2D eigenvalue weighted by Crippen LogP contribution is -2.55. The zero-order valence-corrected chi connectivity index (χ0v) is 9.35. The minimum atomic E-state index is -0.119. The summed E-state index contributed by atoms with van der Waals surface area (Å²) < 4.78 is 1.32. The zero-order chi connectivity index (χ0) is 11.1. The quantitative estimate of drug-likeness (QED) is 0.747. The Morgan fingerprint density at radius 3 is 3.12 bits per heavy atom. The van der Waals surface area contributed by atoms with Crippen molar-refractivity contribution >= 4 is 16.3 Å². The predicted molar refractivity (Wildman–Crippen MR) is 60.4 cm³/mol. The van der Waals surface area contributed by atoms with Crippen LogP contribution in [0.2, 0.25) is 0 Å². The average molecular weight is 237 g/mol. The Kier molecular flexibility index (Phi) is 2.23. The van der Waals surface area contributed by atoms with Gasteiger partial charge in [0.2, 0.25) is 4.96 Å². The van der Waals surface area contributed by atoms with Crippen LogP contribution in [0.3, 0.4) is 0 Å². The van der Waals surface area contributed by atoms with Gasteiger partial charge in [0, 0.05) is 31.7 Å². The van der Waals surface area contributed by atoms with Gasteiger partial charge in [0.25, 0.3) is 5.56 Å². The Hall–Kier alpha value is -1.31. The summed E-state index contributed by atoms with van der Waals surface area (Å²) in [6.07, 6.45) is 0. The first-order chi connectivity index (χ1) is 7.72. The molecular formula is C9H11N5OS. The van der Waals surface area contributed by atoms with Crippen molar-refractivity contribution in [3.63, 3.8) is 0 Å². The minimum absolute atomic E-state index is 0.119. The molecule has 2 aromatic rings. The van der Waals surface area contributed by atoms with Crippen LogP contribution in [0.4, 0.5) is 0 Å². The van der Waals surface area contributed by atoms with Gasteiger partial charge in [0.05, 0.1) is 5.69 Å². The molecule has 6 nitrogen and oxygen atoms in total. The smallest absolute Gasteiger partial charge is 0.275 e. The van der Waals surface area contributed by atoms with E-state index in [1.54, 1.807) is 5.51 Å². The van der Waals surface area contributed by atoms with E-state index in [0.717, 1.165) is 18.8 Å². The molecule has 84 valence electrons. The van der Waals surface area contributed by atoms with E-state index in [1.807, 2.05) is 0 Å². The summed E-state index contributed by atoms with van der Waals surface area (Å²) in [5, 5.41) is 3.91. The minimum Gasteiger partial charge on any atom is -0.325 e. The van der Waals surface area contributed by atoms with Crippen LogP contribution in [0.15, 0.2) is 16.4 Å². The van der Waals surface area contributed by atoms with Gasteiger partial charge in [-0.15, -0.1) is 0 Å². The maximum absolute atomic E-state index is 11.6. The molecule has 0 atom stereocenters. The fourth-order valence-electron chi connectivity index (χ4n) is 1.85. The molecule has 0 saturated carbocycles. The highest BCUT2D eigenvalue weighted by molar-refractivity contribution is 7.14. The van der Waals surface area contributed by atoms with Crippen LogP contribution < -0.4 is 11.3 Å². The highest BCUT2D eigenvalue weighted by atomic mass is 32.1. The van der Waals surface area contributed by atoms with Crippen LogP contribution >= 0.6 is 11.3 Å². The van der Waals surface area contributed by atoms with Gasteiger partial charge in [-0.3, -0.25) is 9.69 Å². The van der Waals surface area contributed by atoms with Crippen molar-refractivity contribution in [2.75, 3.05) is 13.1 Å². The Labute approximate surface area is 95.3 Å². The van der Waals surface area contributed by atoms with Gasteiger partial charge < -0.3 is 5.73 Å². The molecule has 1 aliphatic rings. The lowest BCUT2D eigenvalue weighted by atomic mass is 10.1. The number of likely N-dealkylation sites (tertiary alicyclic amines) is 1. The highest BCUT2D eigenvalue weighted by Gasteiger charge is 2.23. The standard InChI is InChI=1S/C9H11N5OS/c10-6-2-13(3-6)4-7-1-8(15)14-9(12-7)16-5-11-14/h1,5-6H,2-4,10H2. The van der Waals surface area contributed by atoms with Gasteiger partial charge in [-0.05, 0) is 0 Å². The van der Waals surface area contributed by atoms with E-state index in [2.05, 4.69) is 15.0 Å². The molecule has 2 aromatic heterocycles. The van der Waals surface area contributed by atoms with Crippen molar-refractivity contribution in [1.29, 1.82) is 0 Å². The van der Waals surface area contributed by atoms with Crippen molar-refractivity contribution in [3.8, 4) is 0 Å². The number of hydrogen-bond acceptors (Lipinski definition) is 6. The molecule has 1 fully saturated rings. The summed E-state index contributed by atoms with van der Waals surface area (Å²) in [6.45, 7) is 2.45. The molecule has 0 radical (unpaired) electrons. The molecule has 0 spiro atoms. The zero-order valence-electron chi connectivity index (χ0n) is 8.54. The van der Waals surface area contributed by atoms with Crippen LogP contribution in [0.25, 0.3) is 4.96 Å². The van der Waals surface area contributed by atoms with E-state index >= 15 is 0 Å². The maximum atomic E-state index is 11.6. The predicted octanol–water partition coefficient (Wildman–Crippen LogP) is -0.706. The normalized spacial score (nSPS) is 17.8. The molecule has 16 heavy (non-hydrogen) atoms. The summed E-state index contributed by atoms with van der Waals surface area (Å²) in [4.78, 5) is 18.8. The Bertz CT molecular complexity index is 571. The molecule has 0 aromatic carbocycles. The van der Waals surface area contributed by atoms with Gasteiger partial charge >= 0.3 is 0 Å². The molecule has 2 N–H and O–H groups in total. The molecule has 0 unspecified atom stereocenters. The van der Waals surface area contributed by atoms with Crippen LogP contribution in [0.1, 0.15) is 5.69 Å². The first-order valence-electron chi connectivity index (χ1n) is 5.03. The van der Waals surface area contributed by atoms with Crippen molar-refractivity contribution in [1.82, 2.24) is 19.5 Å². The summed E-state index contributed by atoms with van der Waals surface area (Å²) >= 11 is 1.37. The first kappa shape index (κ1) is 9.88. The van der Waals surface area contributed by atoms with E-state index < -0.39 is 0 Å². The fourth-order valence-corrected chi connectivity index (χ4v) is 2.49. The van der Waals surface area contributed by atoms with E-state index in [-0.39, 0.29) is 11.6 Å². The van der Waals surface area contributed by atoms with Gasteiger partial charge in [-0.25, -0.2) is 4.98 Å². The summed E-state index contributed by atoms with van der Waals surface area (Å²) in [5.41, 5.74) is 7.98. The second-order valence-electron chi connectivity index (χ2n) is 3.97. The van der Waals surface area contributed by atoms with E-state index in [1.165, 1.54) is 21.9 Å². The number of aromatic nitrogens is 3. The molecule has 1 aliphatic heterocycles. The van der Waals surface area contributed by atoms with Crippen molar-refractivity contribution in [2.45, 2.75) is 12.6 Å². The molecule has 7 heteroatoms. The summed E-state index contributed by atoms with van der Waals surface area (Å²) in [7, 11) is 0. The Balaban J connectivity index is 1.89. The molecular weight excluding hydrogens is 226 g/mol. The third-order valence-electron chi connectivity index (χ3n) is 2.61. The molecule has 0 aliphatic carbocycles. The molecule has 3 heterocycles. The van der Waals surface area contributed by atoms with Gasteiger partial charge in [0.15, 0.2) is 0 Å². The van der Waals surface area contributed by atoms with E-state index in [0.29, 0.717) is 11.5 Å². The number of hydrogen-bond donors (Lipinski definition) is 1. The van der Waals surface area contributed by atoms with Crippen molar-refractivity contribution in [3.05, 3.63) is 27.6 Å². The molecule has 0 bridgehead atoms. The maximum Gasteiger partial charge on any atom is 0.275 e. The topological polar surface area (TPSA) is 76.5 Å². The largest absolute Gasteiger partial charge is 0.325 e. The van der Waals surface area contributed by atoms with Crippen molar-refractivity contribution < 1.29 is 0 Å². The molecule has 3 rings (SSSR count). The van der Waals surface area contributed by atoms with Crippen LogP contribution in [0.5, 0.6) is 0 Å². The van der Waals surface area contributed by atoms with Gasteiger partial charge in [-0.2, -0.15) is 9.61 Å². The number of nitrogens with two attached hydrogens (primary N) is 1. The van der Waals surface area contributed by atoms with E-state index in [9.17, 15) is 4.79 Å². The number of fused-ring (bicyclic) bond motifs is 1. The van der Waals surface area contributed by atoms with Crippen molar-refractivity contribution in [2.24, 2.45) is 5.73 Å². The number of nitrogens with zero attached hydrogens (tertiary/aromatic N) is 4. The summed E-state index contributed by atoms with van der Waals surface area (Å²) in [5.74, 6) is 0. The van der Waals surface area contributed by atoms with Gasteiger partial charge in [-0.1, -0.05) is 11.3 Å². The SMILES string of the molecule is NC1CN(Cc2cc(=O)n3ncsc3n2)C1. The lowest BCUT2D eigenvalue weighted by Gasteiger charge is -2.36. The molecule has 0 amide bonds. The lowest BCUT2D eigenvalue weighted by molar-refractivity contribution is 0.140. The number of rotatable bonds is 2. The third kappa shape index (κ3) is 1.62. The Morgan fingerprint density at radius 1 is 1.56 bits per heavy atom.